The number of aromatic carboxylic acids is 1. The Morgan fingerprint density at radius 2 is 1.65 bits per heavy atom. The van der Waals surface area contributed by atoms with Crippen LogP contribution < -0.4 is 9.47 Å². The highest BCUT2D eigenvalue weighted by atomic mass is 16.5. The molecular formula is C18H18O5. The molecule has 0 spiro atoms. The standard InChI is InChI=1S/C18H18O5/c1-22-16-11-17(23-2)14(18(20)21)10-13(16)8-9-15(19)12-6-4-3-5-7-12/h3-7,10-11H,8-9H2,1-2H3,(H,20,21). The van der Waals surface area contributed by atoms with E-state index in [0.717, 1.165) is 0 Å². The zero-order valence-electron chi connectivity index (χ0n) is 13.0. The second-order valence-corrected chi connectivity index (χ2v) is 4.96. The first-order valence-electron chi connectivity index (χ1n) is 7.13. The average Bonchev–Trinajstić information content (AvgIpc) is 2.59. The molecule has 0 radical (unpaired) electrons. The van der Waals surface area contributed by atoms with Crippen molar-refractivity contribution in [2.24, 2.45) is 0 Å². The molecule has 0 aliphatic carbocycles. The van der Waals surface area contributed by atoms with E-state index in [1.165, 1.54) is 26.4 Å². The van der Waals surface area contributed by atoms with Crippen LogP contribution in [0.15, 0.2) is 42.5 Å². The zero-order chi connectivity index (χ0) is 16.8. The van der Waals surface area contributed by atoms with Gasteiger partial charge in [-0.1, -0.05) is 30.3 Å². The fourth-order valence-corrected chi connectivity index (χ4v) is 2.34. The van der Waals surface area contributed by atoms with Gasteiger partial charge in [0.2, 0.25) is 0 Å². The summed E-state index contributed by atoms with van der Waals surface area (Å²) in [6.45, 7) is 0. The Balaban J connectivity index is 2.23. The van der Waals surface area contributed by atoms with E-state index >= 15 is 0 Å². The molecule has 5 heteroatoms. The average molecular weight is 314 g/mol. The summed E-state index contributed by atoms with van der Waals surface area (Å²) in [7, 11) is 2.90. The van der Waals surface area contributed by atoms with Crippen LogP contribution in [0, 0.1) is 0 Å². The van der Waals surface area contributed by atoms with Gasteiger partial charge in [-0.25, -0.2) is 4.79 Å². The van der Waals surface area contributed by atoms with E-state index in [9.17, 15) is 14.7 Å². The van der Waals surface area contributed by atoms with Crippen LogP contribution in [0.1, 0.15) is 32.7 Å². The van der Waals surface area contributed by atoms with Gasteiger partial charge in [0.1, 0.15) is 17.1 Å². The second-order valence-electron chi connectivity index (χ2n) is 4.96. The predicted molar refractivity (Wildman–Crippen MR) is 85.6 cm³/mol. The van der Waals surface area contributed by atoms with Crippen LogP contribution in [0.5, 0.6) is 11.5 Å². The molecule has 2 rings (SSSR count). The first-order valence-corrected chi connectivity index (χ1v) is 7.13. The van der Waals surface area contributed by atoms with Gasteiger partial charge < -0.3 is 14.6 Å². The van der Waals surface area contributed by atoms with Crippen LogP contribution in [-0.4, -0.2) is 31.1 Å². The molecule has 0 bridgehead atoms. The number of carboxylic acids is 1. The molecule has 2 aromatic rings. The van der Waals surface area contributed by atoms with Gasteiger partial charge in [-0.2, -0.15) is 0 Å². The fraction of sp³-hybridized carbons (Fsp3) is 0.222. The fourth-order valence-electron chi connectivity index (χ4n) is 2.34. The number of hydrogen-bond acceptors (Lipinski definition) is 4. The minimum atomic E-state index is -1.08. The van der Waals surface area contributed by atoms with E-state index in [1.54, 1.807) is 12.1 Å². The van der Waals surface area contributed by atoms with Gasteiger partial charge >= 0.3 is 5.97 Å². The van der Waals surface area contributed by atoms with Crippen LogP contribution in [-0.2, 0) is 6.42 Å². The number of Topliss-reactive ketones (excluding diaryl/α,β-unsaturated/α-hetero) is 1. The number of benzene rings is 2. The van der Waals surface area contributed by atoms with Crippen LogP contribution in [0.3, 0.4) is 0 Å². The van der Waals surface area contributed by atoms with Crippen LogP contribution >= 0.6 is 0 Å². The Hall–Kier alpha value is -2.82. The Morgan fingerprint density at radius 1 is 1.00 bits per heavy atom. The van der Waals surface area contributed by atoms with Crippen molar-refractivity contribution >= 4 is 11.8 Å². The van der Waals surface area contributed by atoms with Crippen molar-refractivity contribution in [2.75, 3.05) is 14.2 Å². The summed E-state index contributed by atoms with van der Waals surface area (Å²) in [5.41, 5.74) is 1.35. The molecule has 0 fully saturated rings. The number of methoxy groups -OCH3 is 2. The van der Waals surface area contributed by atoms with Crippen molar-refractivity contribution in [1.82, 2.24) is 0 Å². The van der Waals surface area contributed by atoms with Crippen molar-refractivity contribution in [3.63, 3.8) is 0 Å². The highest BCUT2D eigenvalue weighted by molar-refractivity contribution is 5.96. The van der Waals surface area contributed by atoms with E-state index in [2.05, 4.69) is 0 Å². The number of rotatable bonds is 7. The number of aryl methyl sites for hydroxylation is 1. The minimum absolute atomic E-state index is 0.000320. The van der Waals surface area contributed by atoms with Crippen molar-refractivity contribution in [3.05, 3.63) is 59.2 Å². The van der Waals surface area contributed by atoms with Gasteiger partial charge in [-0.15, -0.1) is 0 Å². The molecular weight excluding hydrogens is 296 g/mol. The van der Waals surface area contributed by atoms with Crippen LogP contribution in [0.2, 0.25) is 0 Å². The Kier molecular flexibility index (Phi) is 5.36. The Bertz CT molecular complexity index is 707. The molecule has 0 heterocycles. The summed E-state index contributed by atoms with van der Waals surface area (Å²) in [6.07, 6.45) is 0.660. The minimum Gasteiger partial charge on any atom is -0.496 e. The number of carboxylic acid groups (broad SMARTS) is 1. The van der Waals surface area contributed by atoms with E-state index < -0.39 is 5.97 Å². The molecule has 0 amide bonds. The van der Waals surface area contributed by atoms with Crippen LogP contribution in [0.25, 0.3) is 0 Å². The molecule has 0 unspecified atom stereocenters. The lowest BCUT2D eigenvalue weighted by molar-refractivity contribution is 0.0693. The maximum Gasteiger partial charge on any atom is 0.339 e. The van der Waals surface area contributed by atoms with E-state index in [-0.39, 0.29) is 23.5 Å². The van der Waals surface area contributed by atoms with Gasteiger partial charge in [-0.05, 0) is 18.1 Å². The molecule has 120 valence electrons. The van der Waals surface area contributed by atoms with Gasteiger partial charge in [0.25, 0.3) is 0 Å². The van der Waals surface area contributed by atoms with Crippen molar-refractivity contribution in [3.8, 4) is 11.5 Å². The third-order valence-corrected chi connectivity index (χ3v) is 3.55. The quantitative estimate of drug-likeness (QED) is 0.794. The lowest BCUT2D eigenvalue weighted by atomic mass is 10.00. The zero-order valence-corrected chi connectivity index (χ0v) is 13.0. The smallest absolute Gasteiger partial charge is 0.339 e. The summed E-state index contributed by atoms with van der Waals surface area (Å²) < 4.78 is 10.3. The third kappa shape index (κ3) is 3.88. The first kappa shape index (κ1) is 16.5. The largest absolute Gasteiger partial charge is 0.496 e. The van der Waals surface area contributed by atoms with E-state index in [0.29, 0.717) is 23.3 Å². The molecule has 5 nitrogen and oxygen atoms in total. The lowest BCUT2D eigenvalue weighted by Gasteiger charge is -2.13. The Morgan fingerprint density at radius 3 is 2.22 bits per heavy atom. The Labute approximate surface area is 134 Å². The molecule has 0 aliphatic heterocycles. The predicted octanol–water partition coefficient (Wildman–Crippen LogP) is 3.22. The number of carbonyl (C=O) groups excluding carboxylic acids is 1. The third-order valence-electron chi connectivity index (χ3n) is 3.55. The van der Waals surface area contributed by atoms with Gasteiger partial charge in [0, 0.05) is 18.1 Å². The highest BCUT2D eigenvalue weighted by Gasteiger charge is 2.17. The number of ether oxygens (including phenoxy) is 2. The number of carbonyl (C=O) groups is 2. The van der Waals surface area contributed by atoms with Crippen LogP contribution in [0.4, 0.5) is 0 Å². The first-order chi connectivity index (χ1) is 11.1. The molecule has 0 saturated carbocycles. The summed E-state index contributed by atoms with van der Waals surface area (Å²) in [4.78, 5) is 23.5. The van der Waals surface area contributed by atoms with Gasteiger partial charge in [0.15, 0.2) is 5.78 Å². The molecule has 1 N–H and O–H groups in total. The summed E-state index contributed by atoms with van der Waals surface area (Å²) in [6, 6.07) is 12.0. The maximum atomic E-state index is 12.2. The summed E-state index contributed by atoms with van der Waals surface area (Å²) in [5, 5.41) is 9.25. The molecule has 0 aromatic heterocycles. The summed E-state index contributed by atoms with van der Waals surface area (Å²) >= 11 is 0. The monoisotopic (exact) mass is 314 g/mol. The SMILES string of the molecule is COc1cc(OC)c(C(=O)O)cc1CCC(=O)c1ccccc1. The van der Waals surface area contributed by atoms with Crippen molar-refractivity contribution in [2.45, 2.75) is 12.8 Å². The van der Waals surface area contributed by atoms with Crippen molar-refractivity contribution < 1.29 is 24.2 Å². The molecule has 23 heavy (non-hydrogen) atoms. The topological polar surface area (TPSA) is 72.8 Å². The molecule has 0 aliphatic rings. The second kappa shape index (κ2) is 7.45. The van der Waals surface area contributed by atoms with Crippen molar-refractivity contribution in [1.29, 1.82) is 0 Å². The lowest BCUT2D eigenvalue weighted by Crippen LogP contribution is -2.06. The number of hydrogen-bond donors (Lipinski definition) is 1. The molecule has 0 atom stereocenters. The molecule has 0 saturated heterocycles. The van der Waals surface area contributed by atoms with E-state index in [4.69, 9.17) is 9.47 Å². The van der Waals surface area contributed by atoms with Gasteiger partial charge in [0.05, 0.1) is 14.2 Å². The summed E-state index contributed by atoms with van der Waals surface area (Å²) in [5.74, 6) is -0.347. The number of ketones is 1. The maximum absolute atomic E-state index is 12.2. The highest BCUT2D eigenvalue weighted by Crippen LogP contribution is 2.30. The van der Waals surface area contributed by atoms with Gasteiger partial charge in [-0.3, -0.25) is 4.79 Å². The molecule has 2 aromatic carbocycles. The normalized spacial score (nSPS) is 10.2. The van der Waals surface area contributed by atoms with E-state index in [1.807, 2.05) is 18.2 Å².